The summed E-state index contributed by atoms with van der Waals surface area (Å²) in [6.45, 7) is 4.68. The van der Waals surface area contributed by atoms with Crippen LogP contribution in [0.5, 0.6) is 11.5 Å². The number of rotatable bonds is 5. The Morgan fingerprint density at radius 1 is 1.20 bits per heavy atom. The van der Waals surface area contributed by atoms with E-state index in [0.29, 0.717) is 17.1 Å². The number of amides is 1. The highest BCUT2D eigenvalue weighted by Crippen LogP contribution is 2.35. The molecule has 1 atom stereocenters. The molecule has 1 aromatic heterocycles. The molecule has 2 heterocycles. The summed E-state index contributed by atoms with van der Waals surface area (Å²) >= 11 is 0. The fourth-order valence-electron chi connectivity index (χ4n) is 3.26. The normalized spacial score (nSPS) is 17.0. The second kappa shape index (κ2) is 7.55. The number of pyridine rings is 1. The Balaban J connectivity index is 1.85. The van der Waals surface area contributed by atoms with Crippen LogP contribution in [-0.2, 0) is 0 Å². The van der Waals surface area contributed by atoms with E-state index in [0.717, 1.165) is 24.9 Å². The minimum atomic E-state index is 0.0220. The van der Waals surface area contributed by atoms with Gasteiger partial charge in [0.2, 0.25) is 0 Å². The van der Waals surface area contributed by atoms with Crippen molar-refractivity contribution in [3.63, 3.8) is 0 Å². The molecule has 132 valence electrons. The van der Waals surface area contributed by atoms with Crippen LogP contribution < -0.4 is 9.47 Å². The first-order valence-electron chi connectivity index (χ1n) is 8.65. The number of carbonyl (C=O) groups excluding carboxylic acids is 1. The van der Waals surface area contributed by atoms with E-state index in [2.05, 4.69) is 4.98 Å². The van der Waals surface area contributed by atoms with Gasteiger partial charge in [0.05, 0.1) is 19.3 Å². The Kier molecular flexibility index (Phi) is 5.22. The third kappa shape index (κ3) is 3.76. The van der Waals surface area contributed by atoms with Gasteiger partial charge in [0, 0.05) is 24.5 Å². The second-order valence-corrected chi connectivity index (χ2v) is 6.47. The predicted molar refractivity (Wildman–Crippen MR) is 96.0 cm³/mol. The first-order valence-corrected chi connectivity index (χ1v) is 8.65. The Labute approximate surface area is 148 Å². The van der Waals surface area contributed by atoms with Crippen LogP contribution in [-0.4, -0.2) is 35.5 Å². The summed E-state index contributed by atoms with van der Waals surface area (Å²) in [6.07, 6.45) is 5.57. The first kappa shape index (κ1) is 17.3. The van der Waals surface area contributed by atoms with Crippen LogP contribution in [0.1, 0.15) is 48.7 Å². The van der Waals surface area contributed by atoms with Gasteiger partial charge in [0.25, 0.3) is 5.91 Å². The molecule has 3 rings (SSSR count). The summed E-state index contributed by atoms with van der Waals surface area (Å²) in [4.78, 5) is 19.1. The number of nitrogens with zero attached hydrogens (tertiary/aromatic N) is 2. The number of hydrogen-bond donors (Lipinski definition) is 0. The molecule has 0 spiro atoms. The van der Waals surface area contributed by atoms with Crippen LogP contribution >= 0.6 is 0 Å². The molecule has 1 fully saturated rings. The van der Waals surface area contributed by atoms with Gasteiger partial charge < -0.3 is 14.4 Å². The Morgan fingerprint density at radius 3 is 2.64 bits per heavy atom. The van der Waals surface area contributed by atoms with Gasteiger partial charge in [-0.3, -0.25) is 9.78 Å². The van der Waals surface area contributed by atoms with Gasteiger partial charge in [-0.2, -0.15) is 0 Å². The maximum absolute atomic E-state index is 13.0. The molecule has 1 aliphatic heterocycles. The van der Waals surface area contributed by atoms with Crippen molar-refractivity contribution >= 4 is 5.91 Å². The molecule has 0 aliphatic carbocycles. The molecule has 1 aromatic carbocycles. The lowest BCUT2D eigenvalue weighted by Crippen LogP contribution is -2.30. The van der Waals surface area contributed by atoms with Crippen LogP contribution in [0.2, 0.25) is 0 Å². The summed E-state index contributed by atoms with van der Waals surface area (Å²) < 4.78 is 11.1. The minimum absolute atomic E-state index is 0.0220. The average Bonchev–Trinajstić information content (AvgIpc) is 3.11. The SMILES string of the molecule is COc1cc(C(=O)N2CCCC2c2ccncc2)ccc1OC(C)C. The lowest BCUT2D eigenvalue weighted by Gasteiger charge is -2.25. The highest BCUT2D eigenvalue weighted by Gasteiger charge is 2.31. The van der Waals surface area contributed by atoms with E-state index in [-0.39, 0.29) is 18.1 Å². The van der Waals surface area contributed by atoms with E-state index in [1.54, 1.807) is 25.6 Å². The average molecular weight is 340 g/mol. The zero-order valence-corrected chi connectivity index (χ0v) is 14.9. The lowest BCUT2D eigenvalue weighted by molar-refractivity contribution is 0.0735. The van der Waals surface area contributed by atoms with Gasteiger partial charge in [-0.1, -0.05) is 0 Å². The molecule has 5 nitrogen and oxygen atoms in total. The lowest BCUT2D eigenvalue weighted by atomic mass is 10.1. The summed E-state index contributed by atoms with van der Waals surface area (Å²) in [5.41, 5.74) is 1.75. The molecule has 0 N–H and O–H groups in total. The van der Waals surface area contributed by atoms with Gasteiger partial charge in [-0.15, -0.1) is 0 Å². The second-order valence-electron chi connectivity index (χ2n) is 6.47. The largest absolute Gasteiger partial charge is 0.493 e. The third-order valence-corrected chi connectivity index (χ3v) is 4.38. The molecule has 1 saturated heterocycles. The zero-order valence-electron chi connectivity index (χ0n) is 14.9. The highest BCUT2D eigenvalue weighted by molar-refractivity contribution is 5.95. The Hall–Kier alpha value is -2.56. The van der Waals surface area contributed by atoms with E-state index < -0.39 is 0 Å². The van der Waals surface area contributed by atoms with Gasteiger partial charge in [-0.05, 0) is 62.6 Å². The topological polar surface area (TPSA) is 51.7 Å². The van der Waals surface area contributed by atoms with Crippen molar-refractivity contribution in [1.82, 2.24) is 9.88 Å². The molecule has 0 radical (unpaired) electrons. The fraction of sp³-hybridized carbons (Fsp3) is 0.400. The monoisotopic (exact) mass is 340 g/mol. The first-order chi connectivity index (χ1) is 12.1. The van der Waals surface area contributed by atoms with Crippen molar-refractivity contribution in [2.75, 3.05) is 13.7 Å². The van der Waals surface area contributed by atoms with E-state index in [1.165, 1.54) is 0 Å². The van der Waals surface area contributed by atoms with Crippen molar-refractivity contribution < 1.29 is 14.3 Å². The van der Waals surface area contributed by atoms with Crippen LogP contribution in [0.25, 0.3) is 0 Å². The molecular weight excluding hydrogens is 316 g/mol. The number of carbonyl (C=O) groups is 1. The van der Waals surface area contributed by atoms with Crippen molar-refractivity contribution in [1.29, 1.82) is 0 Å². The Bertz CT molecular complexity index is 731. The van der Waals surface area contributed by atoms with Crippen molar-refractivity contribution in [3.05, 3.63) is 53.9 Å². The minimum Gasteiger partial charge on any atom is -0.493 e. The third-order valence-electron chi connectivity index (χ3n) is 4.38. The van der Waals surface area contributed by atoms with E-state index in [1.807, 2.05) is 43.0 Å². The molecule has 1 amide bonds. The standard InChI is InChI=1S/C20H24N2O3/c1-14(2)25-18-7-6-16(13-19(18)24-3)20(23)22-12-4-5-17(22)15-8-10-21-11-9-15/h6-11,13-14,17H,4-5,12H2,1-3H3. The highest BCUT2D eigenvalue weighted by atomic mass is 16.5. The molecule has 5 heteroatoms. The number of benzene rings is 1. The molecule has 0 saturated carbocycles. The Morgan fingerprint density at radius 2 is 1.96 bits per heavy atom. The maximum atomic E-state index is 13.0. The van der Waals surface area contributed by atoms with Gasteiger partial charge in [-0.25, -0.2) is 0 Å². The van der Waals surface area contributed by atoms with Crippen LogP contribution in [0.3, 0.4) is 0 Å². The van der Waals surface area contributed by atoms with E-state index in [4.69, 9.17) is 9.47 Å². The number of ether oxygens (including phenoxy) is 2. The molecule has 0 bridgehead atoms. The van der Waals surface area contributed by atoms with E-state index in [9.17, 15) is 4.79 Å². The summed E-state index contributed by atoms with van der Waals surface area (Å²) in [7, 11) is 1.59. The number of hydrogen-bond acceptors (Lipinski definition) is 4. The smallest absolute Gasteiger partial charge is 0.254 e. The van der Waals surface area contributed by atoms with Crippen molar-refractivity contribution in [2.45, 2.75) is 38.8 Å². The van der Waals surface area contributed by atoms with Crippen molar-refractivity contribution in [3.8, 4) is 11.5 Å². The molecule has 1 aliphatic rings. The quantitative estimate of drug-likeness (QED) is 0.829. The van der Waals surface area contributed by atoms with Crippen LogP contribution in [0.15, 0.2) is 42.7 Å². The molecular formula is C20H24N2O3. The van der Waals surface area contributed by atoms with E-state index >= 15 is 0 Å². The summed E-state index contributed by atoms with van der Waals surface area (Å²) in [5.74, 6) is 1.26. The molecule has 2 aromatic rings. The van der Waals surface area contributed by atoms with Crippen molar-refractivity contribution in [2.24, 2.45) is 0 Å². The maximum Gasteiger partial charge on any atom is 0.254 e. The zero-order chi connectivity index (χ0) is 17.8. The van der Waals surface area contributed by atoms with Gasteiger partial charge in [0.1, 0.15) is 0 Å². The summed E-state index contributed by atoms with van der Waals surface area (Å²) in [6, 6.07) is 9.45. The van der Waals surface area contributed by atoms with Crippen LogP contribution in [0.4, 0.5) is 0 Å². The number of methoxy groups -OCH3 is 1. The molecule has 25 heavy (non-hydrogen) atoms. The van der Waals surface area contributed by atoms with Gasteiger partial charge in [0.15, 0.2) is 11.5 Å². The number of likely N-dealkylation sites (tertiary alicyclic amines) is 1. The van der Waals surface area contributed by atoms with Crippen LogP contribution in [0, 0.1) is 0 Å². The molecule has 1 unspecified atom stereocenters. The predicted octanol–water partition coefficient (Wildman–Crippen LogP) is 3.85. The number of aromatic nitrogens is 1. The summed E-state index contributed by atoms with van der Waals surface area (Å²) in [5, 5.41) is 0. The van der Waals surface area contributed by atoms with Gasteiger partial charge >= 0.3 is 0 Å². The fourth-order valence-corrected chi connectivity index (χ4v) is 3.26.